The number of nitrogens with one attached hydrogen (secondary N) is 1. The highest BCUT2D eigenvalue weighted by atomic mass is 19.1. The largest absolute Gasteiger partial charge is 0.372 e. The topological polar surface area (TPSA) is 59.4 Å². The van der Waals surface area contributed by atoms with Crippen molar-refractivity contribution in [1.82, 2.24) is 14.7 Å². The summed E-state index contributed by atoms with van der Waals surface area (Å²) in [6.45, 7) is 4.50. The van der Waals surface area contributed by atoms with E-state index in [1.807, 2.05) is 13.8 Å². The highest BCUT2D eigenvalue weighted by molar-refractivity contribution is 5.88. The van der Waals surface area contributed by atoms with Gasteiger partial charge in [-0.3, -0.25) is 5.32 Å². The lowest BCUT2D eigenvalue weighted by Gasteiger charge is -2.31. The third-order valence-electron chi connectivity index (χ3n) is 2.99. The fourth-order valence-corrected chi connectivity index (χ4v) is 2.01. The first-order valence-electron chi connectivity index (χ1n) is 6.39. The number of anilines is 1. The summed E-state index contributed by atoms with van der Waals surface area (Å²) in [7, 11) is 0. The maximum Gasteiger partial charge on any atom is 0.323 e. The summed E-state index contributed by atoms with van der Waals surface area (Å²) in [4.78, 5) is 13.7. The van der Waals surface area contributed by atoms with Crippen molar-refractivity contribution in [3.8, 4) is 0 Å². The Morgan fingerprint density at radius 1 is 1.68 bits per heavy atom. The van der Waals surface area contributed by atoms with Crippen LogP contribution in [0.3, 0.4) is 0 Å². The van der Waals surface area contributed by atoms with Gasteiger partial charge in [-0.1, -0.05) is 0 Å². The molecule has 1 atom stereocenters. The number of hydrogen-bond acceptors (Lipinski definition) is 3. The van der Waals surface area contributed by atoms with Crippen LogP contribution >= 0.6 is 0 Å². The number of carbonyl (C=O) groups excluding carboxylic acids is 1. The average molecular weight is 270 g/mol. The Labute approximate surface area is 111 Å². The van der Waals surface area contributed by atoms with Crippen molar-refractivity contribution >= 4 is 11.8 Å². The van der Waals surface area contributed by atoms with Gasteiger partial charge in [-0.05, 0) is 13.8 Å². The predicted octanol–water partition coefficient (Wildman–Crippen LogP) is 1.67. The molecule has 7 heteroatoms. The summed E-state index contributed by atoms with van der Waals surface area (Å²) in [6, 6.07) is 1.66. The van der Waals surface area contributed by atoms with E-state index in [0.717, 1.165) is 0 Å². The normalized spacial score (nSPS) is 19.8. The fourth-order valence-electron chi connectivity index (χ4n) is 2.01. The van der Waals surface area contributed by atoms with Crippen LogP contribution in [0.4, 0.5) is 15.0 Å². The van der Waals surface area contributed by atoms with Crippen molar-refractivity contribution in [3.63, 3.8) is 0 Å². The molecule has 0 aromatic carbocycles. The van der Waals surface area contributed by atoms with Crippen LogP contribution in [0.5, 0.6) is 0 Å². The second-order valence-electron chi connectivity index (χ2n) is 4.78. The number of halogens is 1. The molecule has 2 rings (SSSR count). The number of hydrogen-bond donors (Lipinski definition) is 1. The van der Waals surface area contributed by atoms with Crippen molar-refractivity contribution in [2.24, 2.45) is 0 Å². The van der Waals surface area contributed by atoms with E-state index in [1.54, 1.807) is 21.8 Å². The van der Waals surface area contributed by atoms with Crippen LogP contribution in [0.15, 0.2) is 12.3 Å². The predicted molar refractivity (Wildman–Crippen MR) is 68.9 cm³/mol. The molecule has 1 aliphatic rings. The number of urea groups is 1. The van der Waals surface area contributed by atoms with Gasteiger partial charge in [0.05, 0.1) is 19.3 Å². The van der Waals surface area contributed by atoms with Crippen LogP contribution in [0.2, 0.25) is 0 Å². The molecule has 0 spiro atoms. The maximum atomic E-state index is 12.6. The second kappa shape index (κ2) is 6.01. The molecule has 1 fully saturated rings. The minimum Gasteiger partial charge on any atom is -0.372 e. The van der Waals surface area contributed by atoms with Crippen LogP contribution < -0.4 is 5.32 Å². The quantitative estimate of drug-likeness (QED) is 0.908. The molecule has 0 radical (unpaired) electrons. The van der Waals surface area contributed by atoms with Crippen LogP contribution in [0.1, 0.15) is 19.9 Å². The van der Waals surface area contributed by atoms with Gasteiger partial charge >= 0.3 is 6.03 Å². The summed E-state index contributed by atoms with van der Waals surface area (Å²) in [6.07, 6.45) is 1.12. The maximum absolute atomic E-state index is 12.6. The molecule has 0 saturated carbocycles. The molecule has 19 heavy (non-hydrogen) atoms. The lowest BCUT2D eigenvalue weighted by molar-refractivity contribution is -0.0233. The molecule has 6 nitrogen and oxygen atoms in total. The van der Waals surface area contributed by atoms with Gasteiger partial charge in [0.1, 0.15) is 18.6 Å². The Bertz CT molecular complexity index is 435. The summed E-state index contributed by atoms with van der Waals surface area (Å²) in [5.41, 5.74) is 0. The van der Waals surface area contributed by atoms with Gasteiger partial charge in [-0.25, -0.2) is 13.9 Å². The Morgan fingerprint density at radius 2 is 2.47 bits per heavy atom. The minimum absolute atomic E-state index is 0.161. The van der Waals surface area contributed by atoms with Crippen molar-refractivity contribution in [3.05, 3.63) is 12.3 Å². The third-order valence-corrected chi connectivity index (χ3v) is 2.99. The molecular weight excluding hydrogens is 251 g/mol. The summed E-state index contributed by atoms with van der Waals surface area (Å²) in [5.74, 6) is 0.642. The molecule has 1 saturated heterocycles. The van der Waals surface area contributed by atoms with Crippen molar-refractivity contribution in [2.75, 3.05) is 31.7 Å². The first-order chi connectivity index (χ1) is 9.11. The lowest BCUT2D eigenvalue weighted by Crippen LogP contribution is -2.48. The third kappa shape index (κ3) is 3.23. The molecule has 2 heterocycles. The molecule has 0 aliphatic carbocycles. The number of morpholine rings is 1. The smallest absolute Gasteiger partial charge is 0.323 e. The summed E-state index contributed by atoms with van der Waals surface area (Å²) >= 11 is 0. The van der Waals surface area contributed by atoms with Crippen LogP contribution in [0, 0.1) is 0 Å². The lowest BCUT2D eigenvalue weighted by atomic mass is 10.3. The molecule has 1 aliphatic heterocycles. The van der Waals surface area contributed by atoms with Crippen molar-refractivity contribution in [2.45, 2.75) is 26.0 Å². The van der Waals surface area contributed by atoms with E-state index in [1.165, 1.54) is 0 Å². The van der Waals surface area contributed by atoms with E-state index in [0.29, 0.717) is 19.0 Å². The Balaban J connectivity index is 1.98. The van der Waals surface area contributed by atoms with E-state index in [4.69, 9.17) is 4.74 Å². The fraction of sp³-hybridized carbons (Fsp3) is 0.667. The highest BCUT2D eigenvalue weighted by Gasteiger charge is 2.24. The number of alkyl halides is 1. The van der Waals surface area contributed by atoms with Crippen LogP contribution in [0.25, 0.3) is 0 Å². The summed E-state index contributed by atoms with van der Waals surface area (Å²) < 4.78 is 19.5. The number of aromatic nitrogens is 2. The van der Waals surface area contributed by atoms with E-state index < -0.39 is 12.8 Å². The number of carbonyl (C=O) groups is 1. The zero-order chi connectivity index (χ0) is 13.8. The van der Waals surface area contributed by atoms with Gasteiger partial charge in [0.15, 0.2) is 0 Å². The number of nitrogens with zero attached hydrogens (tertiary/aromatic N) is 3. The van der Waals surface area contributed by atoms with Crippen LogP contribution in [-0.4, -0.2) is 53.2 Å². The molecule has 1 aromatic heterocycles. The zero-order valence-corrected chi connectivity index (χ0v) is 11.2. The molecule has 1 aromatic rings. The minimum atomic E-state index is -0.576. The van der Waals surface area contributed by atoms with Gasteiger partial charge in [0.25, 0.3) is 0 Å². The van der Waals surface area contributed by atoms with Crippen molar-refractivity contribution < 1.29 is 13.9 Å². The Kier molecular flexibility index (Phi) is 4.36. The van der Waals surface area contributed by atoms with Crippen molar-refractivity contribution in [1.29, 1.82) is 0 Å². The van der Waals surface area contributed by atoms with Gasteiger partial charge in [0, 0.05) is 18.7 Å². The van der Waals surface area contributed by atoms with Crippen LogP contribution in [-0.2, 0) is 4.74 Å². The van der Waals surface area contributed by atoms with Gasteiger partial charge in [-0.15, -0.1) is 0 Å². The first-order valence-corrected chi connectivity index (χ1v) is 6.39. The number of rotatable bonds is 3. The second-order valence-corrected chi connectivity index (χ2v) is 4.78. The van der Waals surface area contributed by atoms with E-state index in [2.05, 4.69) is 10.4 Å². The molecular formula is C12H19FN4O2. The van der Waals surface area contributed by atoms with Gasteiger partial charge in [-0.2, -0.15) is 5.10 Å². The standard InChI is InChI=1S/C12H19FN4O2/c1-9(2)17-11(3-4-14-17)15-12(18)16-5-6-19-10(7-13)8-16/h3-4,9-10H,5-8H2,1-2H3,(H,15,18). The molecule has 106 valence electrons. The molecule has 1 unspecified atom stereocenters. The molecule has 0 bridgehead atoms. The monoisotopic (exact) mass is 270 g/mol. The first kappa shape index (κ1) is 13.8. The molecule has 1 N–H and O–H groups in total. The van der Waals surface area contributed by atoms with E-state index in [-0.39, 0.29) is 18.6 Å². The molecule has 2 amide bonds. The SMILES string of the molecule is CC(C)n1nccc1NC(=O)N1CCOC(CF)C1. The van der Waals surface area contributed by atoms with Gasteiger partial charge < -0.3 is 9.64 Å². The average Bonchev–Trinajstić information content (AvgIpc) is 2.87. The number of ether oxygens (including phenoxy) is 1. The Hall–Kier alpha value is -1.63. The Morgan fingerprint density at radius 3 is 3.16 bits per heavy atom. The zero-order valence-electron chi connectivity index (χ0n) is 11.2. The number of amides is 2. The van der Waals surface area contributed by atoms with E-state index >= 15 is 0 Å². The van der Waals surface area contributed by atoms with Gasteiger partial charge in [0.2, 0.25) is 0 Å². The van der Waals surface area contributed by atoms with E-state index in [9.17, 15) is 9.18 Å². The highest BCUT2D eigenvalue weighted by Crippen LogP contribution is 2.14. The summed E-state index contributed by atoms with van der Waals surface area (Å²) in [5, 5.41) is 6.94.